The summed E-state index contributed by atoms with van der Waals surface area (Å²) in [4.78, 5) is 12.2. The zero-order chi connectivity index (χ0) is 14.4. The van der Waals surface area contributed by atoms with Crippen molar-refractivity contribution in [3.8, 4) is 0 Å². The van der Waals surface area contributed by atoms with Crippen molar-refractivity contribution in [2.24, 2.45) is 16.8 Å². The van der Waals surface area contributed by atoms with Gasteiger partial charge in [0.1, 0.15) is 0 Å². The first-order chi connectivity index (χ1) is 9.01. The van der Waals surface area contributed by atoms with Crippen LogP contribution in [0.15, 0.2) is 23.4 Å². The maximum absolute atomic E-state index is 12.2. The Bertz CT molecular complexity index is 484. The lowest BCUT2D eigenvalue weighted by Crippen LogP contribution is -2.34. The van der Waals surface area contributed by atoms with Crippen LogP contribution in [-0.4, -0.2) is 17.0 Å². The van der Waals surface area contributed by atoms with E-state index in [0.717, 1.165) is 23.2 Å². The average molecular weight is 263 g/mol. The number of benzene rings is 1. The van der Waals surface area contributed by atoms with Gasteiger partial charge in [-0.25, -0.2) is 0 Å². The Morgan fingerprint density at radius 3 is 2.74 bits per heavy atom. The molecule has 104 valence electrons. The van der Waals surface area contributed by atoms with Gasteiger partial charge in [0.05, 0.1) is 5.92 Å². The van der Waals surface area contributed by atoms with Gasteiger partial charge in [-0.05, 0) is 37.5 Å². The number of nitrogens with two attached hydrogens (primary N) is 1. The van der Waals surface area contributed by atoms with Crippen LogP contribution in [0.5, 0.6) is 0 Å². The van der Waals surface area contributed by atoms with Gasteiger partial charge in [0.25, 0.3) is 0 Å². The molecule has 0 saturated carbocycles. The number of amidine groups is 1. The molecule has 1 amide bonds. The molecule has 1 aromatic carbocycles. The topological polar surface area (TPSA) is 87.7 Å². The first-order valence-corrected chi connectivity index (χ1v) is 6.35. The Labute approximate surface area is 113 Å². The fourth-order valence-corrected chi connectivity index (χ4v) is 1.88. The number of nitrogens with one attached hydrogen (secondary N) is 1. The first-order valence-electron chi connectivity index (χ1n) is 6.35. The fraction of sp³-hybridized carbons (Fsp3) is 0.429. The lowest BCUT2D eigenvalue weighted by molar-refractivity contribution is -0.118. The number of carbonyl (C=O) groups is 1. The zero-order valence-corrected chi connectivity index (χ0v) is 11.6. The van der Waals surface area contributed by atoms with E-state index in [0.29, 0.717) is 6.42 Å². The van der Waals surface area contributed by atoms with Crippen LogP contribution in [0, 0.1) is 19.8 Å². The molecule has 0 saturated heterocycles. The summed E-state index contributed by atoms with van der Waals surface area (Å²) in [5.74, 6) is -0.898. The second kappa shape index (κ2) is 6.78. The molecule has 0 spiro atoms. The molecule has 1 atom stereocenters. The van der Waals surface area contributed by atoms with E-state index in [4.69, 9.17) is 10.9 Å². The molecule has 0 fully saturated rings. The Hall–Kier alpha value is -2.04. The smallest absolute Gasteiger partial charge is 0.235 e. The quantitative estimate of drug-likeness (QED) is 0.330. The highest BCUT2D eigenvalue weighted by Gasteiger charge is 2.22. The highest BCUT2D eigenvalue weighted by molar-refractivity contribution is 6.07. The molecule has 5 heteroatoms. The van der Waals surface area contributed by atoms with E-state index in [-0.39, 0.29) is 11.7 Å². The van der Waals surface area contributed by atoms with Gasteiger partial charge >= 0.3 is 0 Å². The molecule has 1 rings (SSSR count). The number of rotatable bonds is 5. The van der Waals surface area contributed by atoms with Gasteiger partial charge in [0, 0.05) is 5.69 Å². The number of amides is 1. The average Bonchev–Trinajstić information content (AvgIpc) is 2.40. The predicted molar refractivity (Wildman–Crippen MR) is 76.4 cm³/mol. The Kier molecular flexibility index (Phi) is 5.36. The SMILES string of the molecule is CCCC(C(=O)Nc1cccc(C)c1C)C(N)=NO. The second-order valence-corrected chi connectivity index (χ2v) is 4.60. The maximum Gasteiger partial charge on any atom is 0.235 e. The van der Waals surface area contributed by atoms with Crippen molar-refractivity contribution < 1.29 is 10.0 Å². The van der Waals surface area contributed by atoms with Crippen molar-refractivity contribution >= 4 is 17.4 Å². The van der Waals surface area contributed by atoms with Crippen LogP contribution in [-0.2, 0) is 4.79 Å². The second-order valence-electron chi connectivity index (χ2n) is 4.60. The third-order valence-electron chi connectivity index (χ3n) is 3.23. The molecule has 0 bridgehead atoms. The minimum atomic E-state index is -0.602. The number of carbonyl (C=O) groups excluding carboxylic acids is 1. The van der Waals surface area contributed by atoms with Crippen LogP contribution >= 0.6 is 0 Å². The molecule has 0 aliphatic heterocycles. The molecule has 0 aromatic heterocycles. The monoisotopic (exact) mass is 263 g/mol. The third-order valence-corrected chi connectivity index (χ3v) is 3.23. The van der Waals surface area contributed by atoms with Crippen LogP contribution in [0.3, 0.4) is 0 Å². The Balaban J connectivity index is 2.90. The number of anilines is 1. The molecule has 19 heavy (non-hydrogen) atoms. The maximum atomic E-state index is 12.2. The summed E-state index contributed by atoms with van der Waals surface area (Å²) in [6.45, 7) is 5.88. The van der Waals surface area contributed by atoms with Gasteiger partial charge in [0.15, 0.2) is 5.84 Å². The number of hydrogen-bond donors (Lipinski definition) is 3. The minimum absolute atomic E-state index is 0.0512. The molecular formula is C14H21N3O2. The van der Waals surface area contributed by atoms with Crippen molar-refractivity contribution in [2.45, 2.75) is 33.6 Å². The van der Waals surface area contributed by atoms with E-state index in [1.807, 2.05) is 39.0 Å². The summed E-state index contributed by atoms with van der Waals surface area (Å²) in [5.41, 5.74) is 8.45. The van der Waals surface area contributed by atoms with E-state index < -0.39 is 5.92 Å². The molecular weight excluding hydrogens is 242 g/mol. The third kappa shape index (κ3) is 3.71. The standard InChI is InChI=1S/C14H21N3O2/c1-4-6-11(13(15)17-19)14(18)16-12-8-5-7-9(2)10(12)3/h5,7-8,11,19H,4,6H2,1-3H3,(H2,15,17)(H,16,18). The van der Waals surface area contributed by atoms with E-state index in [9.17, 15) is 4.79 Å². The van der Waals surface area contributed by atoms with Crippen molar-refractivity contribution in [3.05, 3.63) is 29.3 Å². The lowest BCUT2D eigenvalue weighted by Gasteiger charge is -2.16. The van der Waals surface area contributed by atoms with Crippen LogP contribution in [0.2, 0.25) is 0 Å². The van der Waals surface area contributed by atoms with Crippen molar-refractivity contribution in [1.29, 1.82) is 0 Å². The summed E-state index contributed by atoms with van der Waals surface area (Å²) < 4.78 is 0. The number of hydrogen-bond acceptors (Lipinski definition) is 3. The summed E-state index contributed by atoms with van der Waals surface area (Å²) in [6, 6.07) is 5.71. The van der Waals surface area contributed by atoms with Gasteiger partial charge in [-0.15, -0.1) is 0 Å². The summed E-state index contributed by atoms with van der Waals surface area (Å²) in [5, 5.41) is 14.5. The van der Waals surface area contributed by atoms with E-state index in [2.05, 4.69) is 10.5 Å². The van der Waals surface area contributed by atoms with Gasteiger partial charge < -0.3 is 16.3 Å². The van der Waals surface area contributed by atoms with Crippen LogP contribution in [0.1, 0.15) is 30.9 Å². The van der Waals surface area contributed by atoms with E-state index in [1.165, 1.54) is 0 Å². The van der Waals surface area contributed by atoms with Gasteiger partial charge in [-0.2, -0.15) is 0 Å². The summed E-state index contributed by atoms with van der Waals surface area (Å²) in [7, 11) is 0. The van der Waals surface area contributed by atoms with Crippen LogP contribution in [0.25, 0.3) is 0 Å². The first kappa shape index (κ1) is 15.0. The molecule has 5 nitrogen and oxygen atoms in total. The molecule has 0 heterocycles. The summed E-state index contributed by atoms with van der Waals surface area (Å²) >= 11 is 0. The summed E-state index contributed by atoms with van der Waals surface area (Å²) in [6.07, 6.45) is 1.33. The Morgan fingerprint density at radius 2 is 2.16 bits per heavy atom. The molecule has 1 unspecified atom stereocenters. The zero-order valence-electron chi connectivity index (χ0n) is 11.6. The molecule has 1 aromatic rings. The van der Waals surface area contributed by atoms with Crippen molar-refractivity contribution in [3.63, 3.8) is 0 Å². The van der Waals surface area contributed by atoms with Crippen molar-refractivity contribution in [1.82, 2.24) is 0 Å². The van der Waals surface area contributed by atoms with E-state index >= 15 is 0 Å². The minimum Gasteiger partial charge on any atom is -0.409 e. The van der Waals surface area contributed by atoms with Crippen LogP contribution in [0.4, 0.5) is 5.69 Å². The van der Waals surface area contributed by atoms with Gasteiger partial charge in [-0.3, -0.25) is 4.79 Å². The molecule has 0 aliphatic rings. The van der Waals surface area contributed by atoms with Gasteiger partial charge in [-0.1, -0.05) is 30.6 Å². The number of aryl methyl sites for hydroxylation is 1. The molecule has 0 radical (unpaired) electrons. The van der Waals surface area contributed by atoms with Crippen LogP contribution < -0.4 is 11.1 Å². The Morgan fingerprint density at radius 1 is 1.47 bits per heavy atom. The van der Waals surface area contributed by atoms with E-state index in [1.54, 1.807) is 0 Å². The van der Waals surface area contributed by atoms with Crippen molar-refractivity contribution in [2.75, 3.05) is 5.32 Å². The molecule has 4 N–H and O–H groups in total. The fourth-order valence-electron chi connectivity index (χ4n) is 1.88. The molecule has 0 aliphatic carbocycles. The lowest BCUT2D eigenvalue weighted by atomic mass is 10.0. The predicted octanol–water partition coefficient (Wildman–Crippen LogP) is 2.40. The largest absolute Gasteiger partial charge is 0.409 e. The number of nitrogens with zero attached hydrogens (tertiary/aromatic N) is 1. The highest BCUT2D eigenvalue weighted by Crippen LogP contribution is 2.19. The van der Waals surface area contributed by atoms with Gasteiger partial charge in [0.2, 0.25) is 5.91 Å². The normalized spacial score (nSPS) is 13.1. The highest BCUT2D eigenvalue weighted by atomic mass is 16.4. The number of oxime groups is 1.